The number of ether oxygens (including phenoxy) is 6. The summed E-state index contributed by atoms with van der Waals surface area (Å²) in [6.45, 7) is 4.08. The number of unbranched alkanes of at least 4 members (excludes halogenated alkanes) is 21. The largest absolute Gasteiger partial charge is 0.462 e. The molecular formula is C57H98O15. The highest BCUT2D eigenvalue weighted by Crippen LogP contribution is 2.26. The van der Waals surface area contributed by atoms with Gasteiger partial charge >= 0.3 is 11.9 Å². The second-order valence-electron chi connectivity index (χ2n) is 19.5. The lowest BCUT2D eigenvalue weighted by Gasteiger charge is -2.42. The third-order valence-electron chi connectivity index (χ3n) is 13.1. The van der Waals surface area contributed by atoms with Crippen LogP contribution < -0.4 is 0 Å². The molecule has 0 radical (unpaired) electrons. The predicted molar refractivity (Wildman–Crippen MR) is 280 cm³/mol. The van der Waals surface area contributed by atoms with E-state index in [0.29, 0.717) is 19.3 Å². The maximum atomic E-state index is 13.0. The van der Waals surface area contributed by atoms with Crippen molar-refractivity contribution in [1.82, 2.24) is 0 Å². The summed E-state index contributed by atoms with van der Waals surface area (Å²) in [4.78, 5) is 25.8. The maximum absolute atomic E-state index is 13.0. The van der Waals surface area contributed by atoms with Crippen LogP contribution in [0.3, 0.4) is 0 Å². The van der Waals surface area contributed by atoms with E-state index in [-0.39, 0.29) is 19.4 Å². The molecule has 416 valence electrons. The van der Waals surface area contributed by atoms with Crippen LogP contribution in [0.1, 0.15) is 193 Å². The summed E-state index contributed by atoms with van der Waals surface area (Å²) in [6, 6.07) is 0. The first-order chi connectivity index (χ1) is 35.0. The normalized spacial score (nSPS) is 25.3. The van der Waals surface area contributed by atoms with E-state index in [1.54, 1.807) is 0 Å². The number of allylic oxidation sites excluding steroid dienone is 9. The van der Waals surface area contributed by atoms with Crippen molar-refractivity contribution < 1.29 is 73.8 Å². The second kappa shape index (κ2) is 43.4. The van der Waals surface area contributed by atoms with Gasteiger partial charge < -0.3 is 64.2 Å². The quantitative estimate of drug-likeness (QED) is 0.0172. The first-order valence-corrected chi connectivity index (χ1v) is 27.8. The Labute approximate surface area is 432 Å². The number of hydrogen-bond acceptors (Lipinski definition) is 15. The van der Waals surface area contributed by atoms with Crippen LogP contribution in [0.2, 0.25) is 0 Å². The zero-order valence-electron chi connectivity index (χ0n) is 44.0. The van der Waals surface area contributed by atoms with E-state index in [4.69, 9.17) is 28.4 Å². The molecule has 2 fully saturated rings. The molecule has 2 aliphatic heterocycles. The fourth-order valence-corrected chi connectivity index (χ4v) is 8.54. The van der Waals surface area contributed by atoms with Crippen molar-refractivity contribution in [3.63, 3.8) is 0 Å². The van der Waals surface area contributed by atoms with Gasteiger partial charge in [0.25, 0.3) is 0 Å². The minimum Gasteiger partial charge on any atom is -0.462 e. The summed E-state index contributed by atoms with van der Waals surface area (Å²) in [6.07, 6.45) is 32.9. The smallest absolute Gasteiger partial charge is 0.306 e. The fraction of sp³-hybridized carbons (Fsp3) is 0.789. The molecule has 0 bridgehead atoms. The highest BCUT2D eigenvalue weighted by molar-refractivity contribution is 5.70. The van der Waals surface area contributed by atoms with Crippen LogP contribution in [0.5, 0.6) is 0 Å². The molecule has 0 spiro atoms. The summed E-state index contributed by atoms with van der Waals surface area (Å²) in [5, 5.41) is 72.2. The van der Waals surface area contributed by atoms with E-state index in [2.05, 4.69) is 56.0 Å². The predicted octanol–water partition coefficient (Wildman–Crippen LogP) is 8.83. The van der Waals surface area contributed by atoms with E-state index in [9.17, 15) is 45.3 Å². The number of carbonyl (C=O) groups excluding carboxylic acids is 2. The lowest BCUT2D eigenvalue weighted by atomic mass is 9.98. The zero-order chi connectivity index (χ0) is 52.4. The first-order valence-electron chi connectivity index (χ1n) is 27.8. The van der Waals surface area contributed by atoms with Crippen molar-refractivity contribution in [3.05, 3.63) is 61.3 Å². The van der Waals surface area contributed by atoms with Gasteiger partial charge in [0, 0.05) is 12.8 Å². The van der Waals surface area contributed by atoms with Crippen LogP contribution >= 0.6 is 0 Å². The third kappa shape index (κ3) is 30.5. The Morgan fingerprint density at radius 2 is 0.917 bits per heavy atom. The van der Waals surface area contributed by atoms with E-state index < -0.39 is 99.3 Å². The molecule has 4 unspecified atom stereocenters. The van der Waals surface area contributed by atoms with Crippen molar-refractivity contribution in [1.29, 1.82) is 0 Å². The molecule has 0 aromatic rings. The van der Waals surface area contributed by atoms with E-state index in [1.165, 1.54) is 103 Å². The number of carbonyl (C=O) groups is 2. The van der Waals surface area contributed by atoms with Crippen molar-refractivity contribution in [2.75, 3.05) is 26.4 Å². The summed E-state index contributed by atoms with van der Waals surface area (Å²) in [5.41, 5.74) is 0. The van der Waals surface area contributed by atoms with Crippen molar-refractivity contribution in [2.24, 2.45) is 0 Å². The Balaban J connectivity index is 1.79. The topological polar surface area (TPSA) is 231 Å². The average molecular weight is 1020 g/mol. The summed E-state index contributed by atoms with van der Waals surface area (Å²) >= 11 is 0. The van der Waals surface area contributed by atoms with Gasteiger partial charge in [-0.05, 0) is 64.2 Å². The molecular weight excluding hydrogens is 925 g/mol. The molecule has 72 heavy (non-hydrogen) atoms. The first kappa shape index (κ1) is 65.3. The van der Waals surface area contributed by atoms with Crippen LogP contribution in [0.4, 0.5) is 0 Å². The van der Waals surface area contributed by atoms with Gasteiger partial charge in [0.2, 0.25) is 0 Å². The molecule has 11 atom stereocenters. The van der Waals surface area contributed by atoms with Crippen LogP contribution in [-0.4, -0.2) is 142 Å². The SMILES string of the molecule is C=CCCCCCCCCCCCCCCCC(=O)O[C@@H](COC(=O)CCC/C=C/C/C=C/C/C=C/C/C=C/CCCCCCCCC)CO[C@@H]1O[C@H](CO[C@@H]2O[C@H](CO)[C@H](O)C(O)C2O)[C@H](O)C(O)C1O. The minimum atomic E-state index is -1.78. The molecule has 15 nitrogen and oxygen atoms in total. The molecule has 2 aliphatic rings. The maximum Gasteiger partial charge on any atom is 0.306 e. The van der Waals surface area contributed by atoms with Gasteiger partial charge in [-0.3, -0.25) is 9.59 Å². The summed E-state index contributed by atoms with van der Waals surface area (Å²) in [5.74, 6) is -0.992. The van der Waals surface area contributed by atoms with Crippen LogP contribution in [0.15, 0.2) is 61.3 Å². The van der Waals surface area contributed by atoms with E-state index in [0.717, 1.165) is 51.4 Å². The standard InChI is InChI=1S/C57H98O15/c1-3-5-7-9-11-13-15-17-19-20-21-22-23-24-26-27-29-31-33-35-37-39-48(59)67-42-45(70-49(60)40-38-36-34-32-30-28-25-18-16-14-12-10-8-6-4-2)43-68-56-55(66)53(64)51(62)47(72-56)44-69-57-54(65)52(63)50(61)46(41-58)71-57/h4,19-20,22-23,26-27,31,33,45-47,50-58,61-66H,2-3,5-18,21,24-25,28-30,32,34-44H2,1H3/b20-19+,23-22+,27-26+,33-31+/t45-,46+,47+,50-,51-,52?,53?,54?,55?,56+,57+/m0/s1. The molecule has 15 heteroatoms. The molecule has 7 N–H and O–H groups in total. The monoisotopic (exact) mass is 1020 g/mol. The molecule has 2 rings (SSSR count). The van der Waals surface area contributed by atoms with Crippen molar-refractivity contribution >= 4 is 11.9 Å². The van der Waals surface area contributed by atoms with Gasteiger partial charge in [0.15, 0.2) is 18.7 Å². The van der Waals surface area contributed by atoms with Crippen LogP contribution in [0.25, 0.3) is 0 Å². The molecule has 0 aromatic heterocycles. The average Bonchev–Trinajstić information content (AvgIpc) is 3.37. The highest BCUT2D eigenvalue weighted by Gasteiger charge is 2.47. The lowest BCUT2D eigenvalue weighted by Crippen LogP contribution is -2.61. The Morgan fingerprint density at radius 3 is 1.44 bits per heavy atom. The number of aliphatic hydroxyl groups is 7. The third-order valence-corrected chi connectivity index (χ3v) is 13.1. The Hall–Kier alpha value is -2.80. The number of hydrogen-bond donors (Lipinski definition) is 7. The van der Waals surface area contributed by atoms with Crippen molar-refractivity contribution in [2.45, 2.75) is 261 Å². The van der Waals surface area contributed by atoms with Gasteiger partial charge in [-0.25, -0.2) is 0 Å². The Morgan fingerprint density at radius 1 is 0.486 bits per heavy atom. The van der Waals surface area contributed by atoms with Gasteiger partial charge in [-0.1, -0.05) is 171 Å². The second-order valence-corrected chi connectivity index (χ2v) is 19.5. The van der Waals surface area contributed by atoms with Gasteiger partial charge in [0.05, 0.1) is 19.8 Å². The van der Waals surface area contributed by atoms with Crippen LogP contribution in [0, 0.1) is 0 Å². The van der Waals surface area contributed by atoms with Crippen molar-refractivity contribution in [3.8, 4) is 0 Å². The minimum absolute atomic E-state index is 0.140. The highest BCUT2D eigenvalue weighted by atomic mass is 16.7. The van der Waals surface area contributed by atoms with E-state index >= 15 is 0 Å². The molecule has 0 aliphatic carbocycles. The Bertz CT molecular complexity index is 1470. The molecule has 0 amide bonds. The van der Waals surface area contributed by atoms with E-state index in [1.807, 2.05) is 12.2 Å². The fourth-order valence-electron chi connectivity index (χ4n) is 8.54. The summed E-state index contributed by atoms with van der Waals surface area (Å²) < 4.78 is 33.6. The van der Waals surface area contributed by atoms with Gasteiger partial charge in [-0.2, -0.15) is 0 Å². The molecule has 0 aromatic carbocycles. The lowest BCUT2D eigenvalue weighted by molar-refractivity contribution is -0.332. The molecule has 2 heterocycles. The van der Waals surface area contributed by atoms with Gasteiger partial charge in [0.1, 0.15) is 55.4 Å². The van der Waals surface area contributed by atoms with Crippen LogP contribution in [-0.2, 0) is 38.0 Å². The number of esters is 2. The van der Waals surface area contributed by atoms with Gasteiger partial charge in [-0.15, -0.1) is 6.58 Å². The molecule has 0 saturated carbocycles. The summed E-state index contributed by atoms with van der Waals surface area (Å²) in [7, 11) is 0. The Kier molecular flexibility index (Phi) is 39.4. The number of rotatable bonds is 44. The number of aliphatic hydroxyl groups excluding tert-OH is 7. The molecule has 2 saturated heterocycles. The zero-order valence-corrected chi connectivity index (χ0v) is 44.0.